The van der Waals surface area contributed by atoms with Crippen LogP contribution in [0.1, 0.15) is 39.0 Å². The third-order valence-electron chi connectivity index (χ3n) is 4.41. The van der Waals surface area contributed by atoms with E-state index in [-0.39, 0.29) is 6.42 Å². The third kappa shape index (κ3) is 11.7. The molecule has 0 aliphatic heterocycles. The zero-order chi connectivity index (χ0) is 26.6. The van der Waals surface area contributed by atoms with Crippen LogP contribution < -0.4 is 27.4 Å². The topological polar surface area (TPSA) is 289 Å². The van der Waals surface area contributed by atoms with E-state index in [2.05, 4.69) is 5.32 Å². The molecule has 0 radical (unpaired) electrons. The molecule has 0 aromatic carbocycles. The second-order valence-electron chi connectivity index (χ2n) is 7.32. The van der Waals surface area contributed by atoms with Crippen molar-refractivity contribution < 1.29 is 54.0 Å². The van der Waals surface area contributed by atoms with Gasteiger partial charge < -0.3 is 47.8 Å². The highest BCUT2D eigenvalue weighted by Crippen LogP contribution is 2.04. The quantitative estimate of drug-likeness (QED) is 0.0993. The zero-order valence-corrected chi connectivity index (χ0v) is 18.2. The molecule has 34 heavy (non-hydrogen) atoms. The number of hydrogen-bond acceptors (Lipinski definition) is 9. The lowest BCUT2D eigenvalue weighted by molar-refractivity contribution is -0.144. The Balaban J connectivity index is 5.59. The van der Waals surface area contributed by atoms with Gasteiger partial charge in [0.1, 0.15) is 24.2 Å². The van der Waals surface area contributed by atoms with Gasteiger partial charge in [-0.2, -0.15) is 0 Å². The standard InChI is InChI=1S/C18H29N5O11/c1-7(24)14(20)17(32)21-8(2-4-11(19)25)15(30)23-10(6-13(28)29)16(31)22-9(18(33)34)3-5-12(26)27/h7-10,14,24H,2-6,20H2,1H3,(H2,19,25)(H,21,32)(H,22,31)(H,23,30)(H,26,27)(H,28,29)(H,33,34). The molecule has 0 aliphatic carbocycles. The Labute approximate surface area is 193 Å². The minimum atomic E-state index is -1.82. The fourth-order valence-electron chi connectivity index (χ4n) is 2.50. The number of carboxylic acids is 3. The molecular formula is C18H29N5O11. The van der Waals surface area contributed by atoms with E-state index in [1.165, 1.54) is 6.92 Å². The first-order valence-corrected chi connectivity index (χ1v) is 9.95. The minimum Gasteiger partial charge on any atom is -0.481 e. The van der Waals surface area contributed by atoms with Crippen LogP contribution in [0.3, 0.4) is 0 Å². The van der Waals surface area contributed by atoms with Crippen molar-refractivity contribution in [1.29, 1.82) is 0 Å². The number of carboxylic acid groups (broad SMARTS) is 3. The molecule has 0 fully saturated rings. The number of aliphatic hydroxyl groups is 1. The Morgan fingerprint density at radius 1 is 0.735 bits per heavy atom. The van der Waals surface area contributed by atoms with Gasteiger partial charge in [0.25, 0.3) is 0 Å². The molecule has 4 amide bonds. The maximum Gasteiger partial charge on any atom is 0.326 e. The SMILES string of the molecule is CC(O)C(N)C(=O)NC(CCC(N)=O)C(=O)NC(CC(=O)O)C(=O)NC(CCC(=O)O)C(=O)O. The summed E-state index contributed by atoms with van der Waals surface area (Å²) < 4.78 is 0. The van der Waals surface area contributed by atoms with Gasteiger partial charge in [0.2, 0.25) is 23.6 Å². The van der Waals surface area contributed by atoms with Crippen LogP contribution in [0, 0.1) is 0 Å². The first-order valence-electron chi connectivity index (χ1n) is 9.95. The molecule has 16 nitrogen and oxygen atoms in total. The summed E-state index contributed by atoms with van der Waals surface area (Å²) in [4.78, 5) is 81.4. The number of nitrogens with two attached hydrogens (primary N) is 2. The van der Waals surface area contributed by atoms with Crippen molar-refractivity contribution in [2.75, 3.05) is 0 Å². The number of aliphatic hydroxyl groups excluding tert-OH is 1. The molecule has 0 aromatic heterocycles. The number of amides is 4. The van der Waals surface area contributed by atoms with Crippen LogP contribution >= 0.6 is 0 Å². The van der Waals surface area contributed by atoms with E-state index < -0.39 is 97.5 Å². The molecule has 0 aliphatic rings. The van der Waals surface area contributed by atoms with Gasteiger partial charge in [0, 0.05) is 12.8 Å². The summed E-state index contributed by atoms with van der Waals surface area (Å²) in [6, 6.07) is -6.48. The predicted molar refractivity (Wildman–Crippen MR) is 111 cm³/mol. The number of carbonyl (C=O) groups excluding carboxylic acids is 4. The predicted octanol–water partition coefficient (Wildman–Crippen LogP) is -4.16. The van der Waals surface area contributed by atoms with Gasteiger partial charge in [0.05, 0.1) is 12.5 Å². The molecule has 0 rings (SSSR count). The minimum absolute atomic E-state index is 0.364. The van der Waals surface area contributed by atoms with E-state index in [0.717, 1.165) is 0 Å². The number of nitrogens with one attached hydrogen (secondary N) is 3. The van der Waals surface area contributed by atoms with Gasteiger partial charge >= 0.3 is 17.9 Å². The van der Waals surface area contributed by atoms with E-state index in [9.17, 15) is 38.7 Å². The van der Waals surface area contributed by atoms with Crippen LogP contribution in [0.5, 0.6) is 0 Å². The van der Waals surface area contributed by atoms with E-state index in [1.807, 2.05) is 10.6 Å². The Kier molecular flexibility index (Phi) is 12.8. The normalized spacial score (nSPS) is 15.0. The van der Waals surface area contributed by atoms with Gasteiger partial charge in [-0.05, 0) is 19.8 Å². The third-order valence-corrected chi connectivity index (χ3v) is 4.41. The van der Waals surface area contributed by atoms with Crippen molar-refractivity contribution in [2.24, 2.45) is 11.5 Å². The number of rotatable bonds is 16. The highest BCUT2D eigenvalue weighted by molar-refractivity contribution is 5.96. The van der Waals surface area contributed by atoms with Gasteiger partial charge in [0.15, 0.2) is 0 Å². The molecule has 0 saturated heterocycles. The summed E-state index contributed by atoms with van der Waals surface area (Å²) >= 11 is 0. The van der Waals surface area contributed by atoms with Crippen LogP contribution in [-0.2, 0) is 33.6 Å². The lowest BCUT2D eigenvalue weighted by atomic mass is 10.1. The van der Waals surface area contributed by atoms with E-state index in [0.29, 0.717) is 0 Å². The lowest BCUT2D eigenvalue weighted by Crippen LogP contribution is -2.58. The Bertz CT molecular complexity index is 801. The molecule has 0 spiro atoms. The van der Waals surface area contributed by atoms with Crippen LogP contribution in [0.4, 0.5) is 0 Å². The fraction of sp³-hybridized carbons (Fsp3) is 0.611. The number of aliphatic carboxylic acids is 3. The average Bonchev–Trinajstić information content (AvgIpc) is 2.71. The van der Waals surface area contributed by atoms with Crippen molar-refractivity contribution >= 4 is 41.5 Å². The summed E-state index contributed by atoms with van der Waals surface area (Å²) in [5.41, 5.74) is 10.5. The highest BCUT2D eigenvalue weighted by atomic mass is 16.4. The van der Waals surface area contributed by atoms with Crippen molar-refractivity contribution in [3.8, 4) is 0 Å². The van der Waals surface area contributed by atoms with Crippen LogP contribution in [0.15, 0.2) is 0 Å². The molecule has 11 N–H and O–H groups in total. The first-order chi connectivity index (χ1) is 15.6. The highest BCUT2D eigenvalue weighted by Gasteiger charge is 2.32. The second kappa shape index (κ2) is 14.4. The summed E-state index contributed by atoms with van der Waals surface area (Å²) in [6.45, 7) is 1.21. The second-order valence-corrected chi connectivity index (χ2v) is 7.32. The largest absolute Gasteiger partial charge is 0.481 e. The lowest BCUT2D eigenvalue weighted by Gasteiger charge is -2.24. The smallest absolute Gasteiger partial charge is 0.326 e. The molecule has 16 heteroatoms. The summed E-state index contributed by atoms with van der Waals surface area (Å²) in [5.74, 6) is -8.66. The molecule has 0 heterocycles. The average molecular weight is 491 g/mol. The molecule has 5 atom stereocenters. The number of carbonyl (C=O) groups is 7. The van der Waals surface area contributed by atoms with Crippen LogP contribution in [0.25, 0.3) is 0 Å². The van der Waals surface area contributed by atoms with Crippen molar-refractivity contribution in [3.63, 3.8) is 0 Å². The van der Waals surface area contributed by atoms with Crippen molar-refractivity contribution in [1.82, 2.24) is 16.0 Å². The van der Waals surface area contributed by atoms with E-state index >= 15 is 0 Å². The van der Waals surface area contributed by atoms with Crippen LogP contribution in [-0.4, -0.2) is 92.2 Å². The maximum atomic E-state index is 12.7. The van der Waals surface area contributed by atoms with Crippen molar-refractivity contribution in [2.45, 2.75) is 69.3 Å². The van der Waals surface area contributed by atoms with Gasteiger partial charge in [-0.3, -0.25) is 28.8 Å². The summed E-state index contributed by atoms with van der Waals surface area (Å²) in [5, 5.41) is 42.5. The number of hydrogen-bond donors (Lipinski definition) is 9. The van der Waals surface area contributed by atoms with Gasteiger partial charge in [-0.25, -0.2) is 4.79 Å². The maximum absolute atomic E-state index is 12.7. The van der Waals surface area contributed by atoms with E-state index in [4.69, 9.17) is 26.8 Å². The molecule has 192 valence electrons. The Morgan fingerprint density at radius 2 is 1.21 bits per heavy atom. The van der Waals surface area contributed by atoms with Crippen molar-refractivity contribution in [3.05, 3.63) is 0 Å². The van der Waals surface area contributed by atoms with Gasteiger partial charge in [-0.15, -0.1) is 0 Å². The molecule has 0 saturated carbocycles. The zero-order valence-electron chi connectivity index (χ0n) is 18.2. The Hall–Kier alpha value is -3.79. The molecule has 0 bridgehead atoms. The van der Waals surface area contributed by atoms with E-state index in [1.54, 1.807) is 0 Å². The summed E-state index contributed by atoms with van der Waals surface area (Å²) in [6.07, 6.45) is -4.18. The molecule has 5 unspecified atom stereocenters. The number of primary amides is 1. The molecular weight excluding hydrogens is 462 g/mol. The van der Waals surface area contributed by atoms with Crippen LogP contribution in [0.2, 0.25) is 0 Å². The first kappa shape index (κ1) is 30.2. The molecule has 0 aromatic rings. The monoisotopic (exact) mass is 491 g/mol. The van der Waals surface area contributed by atoms with Gasteiger partial charge in [-0.1, -0.05) is 0 Å². The summed E-state index contributed by atoms with van der Waals surface area (Å²) in [7, 11) is 0. The Morgan fingerprint density at radius 3 is 1.65 bits per heavy atom. The fourth-order valence-corrected chi connectivity index (χ4v) is 2.50.